The second kappa shape index (κ2) is 8.21. The SMILES string of the molecule is CCN(CCNC(=O)CNC(=O)[C@@H](N)C(C)C)C1CC1. The number of likely N-dealkylation sites (N-methyl/N-ethyl adjacent to an activating group) is 1. The second-order valence-electron chi connectivity index (χ2n) is 5.70. The molecule has 1 fully saturated rings. The fourth-order valence-electron chi connectivity index (χ4n) is 2.03. The smallest absolute Gasteiger partial charge is 0.239 e. The zero-order valence-electron chi connectivity index (χ0n) is 12.8. The van der Waals surface area contributed by atoms with Crippen molar-refractivity contribution < 1.29 is 9.59 Å². The summed E-state index contributed by atoms with van der Waals surface area (Å²) < 4.78 is 0. The molecule has 1 aliphatic carbocycles. The number of hydrogen-bond donors (Lipinski definition) is 3. The van der Waals surface area contributed by atoms with Crippen molar-refractivity contribution in [1.82, 2.24) is 15.5 Å². The molecule has 6 heteroatoms. The molecule has 116 valence electrons. The highest BCUT2D eigenvalue weighted by Gasteiger charge is 2.27. The maximum atomic E-state index is 11.6. The number of carbonyl (C=O) groups excluding carboxylic acids is 2. The predicted molar refractivity (Wildman–Crippen MR) is 79.1 cm³/mol. The molecule has 0 aromatic heterocycles. The molecule has 1 aliphatic rings. The van der Waals surface area contributed by atoms with E-state index in [2.05, 4.69) is 22.5 Å². The Hall–Kier alpha value is -1.14. The van der Waals surface area contributed by atoms with Crippen LogP contribution in [0.25, 0.3) is 0 Å². The van der Waals surface area contributed by atoms with Crippen LogP contribution in [0.3, 0.4) is 0 Å². The molecule has 0 radical (unpaired) electrons. The molecule has 0 unspecified atom stereocenters. The first-order chi connectivity index (χ1) is 9.45. The van der Waals surface area contributed by atoms with Gasteiger partial charge in [-0.3, -0.25) is 14.5 Å². The lowest BCUT2D eigenvalue weighted by molar-refractivity contribution is -0.127. The van der Waals surface area contributed by atoms with Gasteiger partial charge in [0.15, 0.2) is 0 Å². The van der Waals surface area contributed by atoms with Gasteiger partial charge in [-0.2, -0.15) is 0 Å². The van der Waals surface area contributed by atoms with Gasteiger partial charge >= 0.3 is 0 Å². The van der Waals surface area contributed by atoms with Crippen LogP contribution in [0.4, 0.5) is 0 Å². The van der Waals surface area contributed by atoms with Crippen molar-refractivity contribution in [2.24, 2.45) is 11.7 Å². The Morgan fingerprint density at radius 1 is 1.30 bits per heavy atom. The molecule has 0 aromatic rings. The second-order valence-corrected chi connectivity index (χ2v) is 5.70. The summed E-state index contributed by atoms with van der Waals surface area (Å²) in [7, 11) is 0. The zero-order valence-corrected chi connectivity index (χ0v) is 12.8. The molecule has 2 amide bonds. The van der Waals surface area contributed by atoms with Crippen LogP contribution in [-0.4, -0.2) is 55.0 Å². The number of carbonyl (C=O) groups is 2. The van der Waals surface area contributed by atoms with Gasteiger partial charge < -0.3 is 16.4 Å². The quantitative estimate of drug-likeness (QED) is 0.542. The van der Waals surface area contributed by atoms with E-state index < -0.39 is 6.04 Å². The predicted octanol–water partition coefficient (Wildman–Crippen LogP) is -0.314. The summed E-state index contributed by atoms with van der Waals surface area (Å²) >= 11 is 0. The lowest BCUT2D eigenvalue weighted by Gasteiger charge is -2.20. The number of nitrogens with two attached hydrogens (primary N) is 1. The number of rotatable bonds is 9. The Bertz CT molecular complexity index is 329. The van der Waals surface area contributed by atoms with Crippen molar-refractivity contribution in [3.8, 4) is 0 Å². The summed E-state index contributed by atoms with van der Waals surface area (Å²) in [5.74, 6) is -0.376. The molecular formula is C14H28N4O2. The van der Waals surface area contributed by atoms with Crippen LogP contribution in [0.1, 0.15) is 33.6 Å². The monoisotopic (exact) mass is 284 g/mol. The van der Waals surface area contributed by atoms with Crippen molar-refractivity contribution in [3.05, 3.63) is 0 Å². The van der Waals surface area contributed by atoms with Gasteiger partial charge in [0.2, 0.25) is 11.8 Å². The Labute approximate surface area is 121 Å². The molecule has 0 saturated heterocycles. The van der Waals surface area contributed by atoms with E-state index in [1.807, 2.05) is 13.8 Å². The lowest BCUT2D eigenvalue weighted by atomic mass is 10.1. The normalized spacial score (nSPS) is 16.3. The highest BCUT2D eigenvalue weighted by molar-refractivity contribution is 5.87. The minimum Gasteiger partial charge on any atom is -0.353 e. The fourth-order valence-corrected chi connectivity index (χ4v) is 2.03. The van der Waals surface area contributed by atoms with E-state index in [-0.39, 0.29) is 24.3 Å². The molecule has 0 heterocycles. The average Bonchev–Trinajstić information content (AvgIpc) is 3.24. The molecule has 4 N–H and O–H groups in total. The average molecular weight is 284 g/mol. The van der Waals surface area contributed by atoms with Crippen molar-refractivity contribution in [3.63, 3.8) is 0 Å². The maximum absolute atomic E-state index is 11.6. The van der Waals surface area contributed by atoms with Crippen molar-refractivity contribution in [2.45, 2.75) is 45.7 Å². The Morgan fingerprint density at radius 3 is 2.45 bits per heavy atom. The van der Waals surface area contributed by atoms with Gasteiger partial charge in [-0.15, -0.1) is 0 Å². The van der Waals surface area contributed by atoms with Crippen LogP contribution >= 0.6 is 0 Å². The van der Waals surface area contributed by atoms with Gasteiger partial charge in [0, 0.05) is 19.1 Å². The molecule has 0 aromatic carbocycles. The first-order valence-corrected chi connectivity index (χ1v) is 7.49. The first-order valence-electron chi connectivity index (χ1n) is 7.49. The molecule has 6 nitrogen and oxygen atoms in total. The molecular weight excluding hydrogens is 256 g/mol. The summed E-state index contributed by atoms with van der Waals surface area (Å²) in [4.78, 5) is 25.6. The largest absolute Gasteiger partial charge is 0.353 e. The van der Waals surface area contributed by atoms with Crippen LogP contribution in [0.5, 0.6) is 0 Å². The summed E-state index contributed by atoms with van der Waals surface area (Å²) in [6, 6.07) is 0.147. The third-order valence-electron chi connectivity index (χ3n) is 3.63. The van der Waals surface area contributed by atoms with Crippen molar-refractivity contribution in [1.29, 1.82) is 0 Å². The Kier molecular flexibility index (Phi) is 6.95. The van der Waals surface area contributed by atoms with Gasteiger partial charge in [0.1, 0.15) is 0 Å². The number of nitrogens with one attached hydrogen (secondary N) is 2. The minimum absolute atomic E-state index is 0.00515. The van der Waals surface area contributed by atoms with Gasteiger partial charge in [-0.1, -0.05) is 20.8 Å². The van der Waals surface area contributed by atoms with Crippen molar-refractivity contribution in [2.75, 3.05) is 26.2 Å². The maximum Gasteiger partial charge on any atom is 0.239 e. The Morgan fingerprint density at radius 2 is 1.95 bits per heavy atom. The summed E-state index contributed by atoms with van der Waals surface area (Å²) in [6.45, 7) is 8.38. The highest BCUT2D eigenvalue weighted by Crippen LogP contribution is 2.25. The summed E-state index contributed by atoms with van der Waals surface area (Å²) in [5, 5.41) is 5.38. The van der Waals surface area contributed by atoms with Crippen molar-refractivity contribution >= 4 is 11.8 Å². The van der Waals surface area contributed by atoms with Gasteiger partial charge in [0.25, 0.3) is 0 Å². The fraction of sp³-hybridized carbons (Fsp3) is 0.857. The van der Waals surface area contributed by atoms with Crippen LogP contribution in [-0.2, 0) is 9.59 Å². The minimum atomic E-state index is -0.562. The summed E-state index contributed by atoms with van der Waals surface area (Å²) in [5.41, 5.74) is 5.69. The van der Waals surface area contributed by atoms with E-state index in [9.17, 15) is 9.59 Å². The molecule has 1 atom stereocenters. The van der Waals surface area contributed by atoms with Gasteiger partial charge in [0.05, 0.1) is 12.6 Å². The van der Waals surface area contributed by atoms with Gasteiger partial charge in [-0.25, -0.2) is 0 Å². The first kappa shape index (κ1) is 16.9. The van der Waals surface area contributed by atoms with Gasteiger partial charge in [-0.05, 0) is 25.3 Å². The standard InChI is InChI=1S/C14H28N4O2/c1-4-18(11-5-6-11)8-7-16-12(19)9-17-14(20)13(15)10(2)3/h10-11,13H,4-9,15H2,1-3H3,(H,16,19)(H,17,20)/t13-/m0/s1. The van der Waals surface area contributed by atoms with E-state index >= 15 is 0 Å². The zero-order chi connectivity index (χ0) is 15.1. The molecule has 0 bridgehead atoms. The molecule has 1 rings (SSSR count). The molecule has 1 saturated carbocycles. The molecule has 20 heavy (non-hydrogen) atoms. The highest BCUT2D eigenvalue weighted by atomic mass is 16.2. The van der Waals surface area contributed by atoms with E-state index in [1.54, 1.807) is 0 Å². The lowest BCUT2D eigenvalue weighted by Crippen LogP contribution is -2.47. The van der Waals surface area contributed by atoms with E-state index in [4.69, 9.17) is 5.73 Å². The summed E-state index contributed by atoms with van der Waals surface area (Å²) in [6.07, 6.45) is 2.54. The number of amides is 2. The van der Waals surface area contributed by atoms with Crippen LogP contribution in [0.2, 0.25) is 0 Å². The number of hydrogen-bond acceptors (Lipinski definition) is 4. The third kappa shape index (κ3) is 5.88. The third-order valence-corrected chi connectivity index (χ3v) is 3.63. The van der Waals surface area contributed by atoms with Crippen LogP contribution < -0.4 is 16.4 Å². The molecule has 0 aliphatic heterocycles. The number of nitrogens with zero attached hydrogens (tertiary/aromatic N) is 1. The molecule has 0 spiro atoms. The van der Waals surface area contributed by atoms with E-state index in [0.717, 1.165) is 13.1 Å². The van der Waals surface area contributed by atoms with Crippen LogP contribution in [0, 0.1) is 5.92 Å². The van der Waals surface area contributed by atoms with Crippen LogP contribution in [0.15, 0.2) is 0 Å². The Balaban J connectivity index is 2.12. The van der Waals surface area contributed by atoms with E-state index in [1.165, 1.54) is 12.8 Å². The van der Waals surface area contributed by atoms with E-state index in [0.29, 0.717) is 12.6 Å². The topological polar surface area (TPSA) is 87.5 Å².